The molecule has 3 aromatic carbocycles. The number of ether oxygens (including phenoxy) is 3. The molecule has 3 aromatic rings. The number of phenols is 3. The minimum absolute atomic E-state index is 0.0194. The van der Waals surface area contributed by atoms with E-state index >= 15 is 4.39 Å². The molecule has 0 spiro atoms. The quantitative estimate of drug-likeness (QED) is 0.540. The number of hydrogen-bond acceptors (Lipinski definition) is 6. The molecule has 3 N–H and O–H groups in total. The van der Waals surface area contributed by atoms with Gasteiger partial charge in [0.25, 0.3) is 0 Å². The minimum Gasteiger partial charge on any atom is -0.508 e. The molecule has 4 rings (SSSR count). The topological polar surface area (TPSA) is 88.4 Å². The van der Waals surface area contributed by atoms with Gasteiger partial charge in [-0.25, -0.2) is 4.39 Å². The molecule has 8 heteroatoms. The van der Waals surface area contributed by atoms with Crippen LogP contribution in [-0.2, 0) is 0 Å². The summed E-state index contributed by atoms with van der Waals surface area (Å²) in [6, 6.07) is 8.69. The van der Waals surface area contributed by atoms with Crippen LogP contribution in [0.15, 0.2) is 36.4 Å². The Morgan fingerprint density at radius 3 is 2.09 bits per heavy atom. The zero-order valence-electron chi connectivity index (χ0n) is 17.6. The normalized spacial score (nSPS) is 17.4. The van der Waals surface area contributed by atoms with Gasteiger partial charge in [-0.05, 0) is 42.3 Å². The second-order valence-corrected chi connectivity index (χ2v) is 7.60. The van der Waals surface area contributed by atoms with Crippen LogP contribution < -0.4 is 14.2 Å². The average Bonchev–Trinajstić information content (AvgIpc) is 2.80. The fourth-order valence-electron chi connectivity index (χ4n) is 4.22. The van der Waals surface area contributed by atoms with Gasteiger partial charge < -0.3 is 29.5 Å². The molecule has 2 atom stereocenters. The first-order valence-corrected chi connectivity index (χ1v) is 9.85. The van der Waals surface area contributed by atoms with Gasteiger partial charge in [-0.15, -0.1) is 0 Å². The molecule has 0 aromatic heterocycles. The highest BCUT2D eigenvalue weighted by atomic mass is 19.2. The lowest BCUT2D eigenvalue weighted by molar-refractivity contribution is 0.242. The van der Waals surface area contributed by atoms with Gasteiger partial charge in [0, 0.05) is 23.0 Å². The maximum atomic E-state index is 15.1. The Hall–Kier alpha value is -3.68. The van der Waals surface area contributed by atoms with Crippen LogP contribution in [0.2, 0.25) is 0 Å². The number of methoxy groups -OCH3 is 2. The summed E-state index contributed by atoms with van der Waals surface area (Å²) in [5.41, 5.74) is 1.65. The zero-order valence-corrected chi connectivity index (χ0v) is 17.6. The molecule has 2 unspecified atom stereocenters. The Kier molecular flexibility index (Phi) is 5.46. The van der Waals surface area contributed by atoms with Crippen LogP contribution in [0.3, 0.4) is 0 Å². The summed E-state index contributed by atoms with van der Waals surface area (Å²) in [5.74, 6) is -4.03. The van der Waals surface area contributed by atoms with Crippen molar-refractivity contribution in [1.29, 1.82) is 0 Å². The molecule has 0 amide bonds. The van der Waals surface area contributed by atoms with Gasteiger partial charge in [0.2, 0.25) is 11.6 Å². The molecule has 1 aliphatic rings. The molecule has 6 nitrogen and oxygen atoms in total. The van der Waals surface area contributed by atoms with Gasteiger partial charge in [-0.1, -0.05) is 12.1 Å². The first kappa shape index (κ1) is 21.5. The fourth-order valence-corrected chi connectivity index (χ4v) is 4.22. The third-order valence-corrected chi connectivity index (χ3v) is 5.91. The number of phenolic OH excluding ortho intramolecular Hbond substituents is 3. The molecule has 0 saturated carbocycles. The van der Waals surface area contributed by atoms with E-state index in [1.807, 2.05) is 0 Å². The van der Waals surface area contributed by atoms with E-state index in [0.717, 1.165) is 6.07 Å². The minimum atomic E-state index is -1.34. The summed E-state index contributed by atoms with van der Waals surface area (Å²) >= 11 is 0. The van der Waals surface area contributed by atoms with Crippen LogP contribution >= 0.6 is 0 Å². The van der Waals surface area contributed by atoms with Gasteiger partial charge >= 0.3 is 0 Å². The van der Waals surface area contributed by atoms with E-state index in [0.29, 0.717) is 22.4 Å². The Bertz CT molecular complexity index is 1170. The summed E-state index contributed by atoms with van der Waals surface area (Å²) in [5, 5.41) is 30.0. The number of benzene rings is 3. The Morgan fingerprint density at radius 2 is 1.47 bits per heavy atom. The Morgan fingerprint density at radius 1 is 0.875 bits per heavy atom. The highest BCUT2D eigenvalue weighted by Gasteiger charge is 2.38. The molecule has 32 heavy (non-hydrogen) atoms. The molecule has 1 aliphatic heterocycles. The summed E-state index contributed by atoms with van der Waals surface area (Å²) in [4.78, 5) is 0. The lowest BCUT2D eigenvalue weighted by Crippen LogP contribution is -2.26. The van der Waals surface area contributed by atoms with Crippen molar-refractivity contribution < 1.29 is 38.3 Å². The summed E-state index contributed by atoms with van der Waals surface area (Å²) in [7, 11) is 2.78. The number of fused-ring (bicyclic) bond motifs is 1. The summed E-state index contributed by atoms with van der Waals surface area (Å²) in [6.07, 6.45) is 0. The van der Waals surface area contributed by atoms with Crippen molar-refractivity contribution >= 4 is 0 Å². The van der Waals surface area contributed by atoms with Crippen LogP contribution in [0.4, 0.5) is 8.78 Å². The van der Waals surface area contributed by atoms with E-state index in [9.17, 15) is 19.7 Å². The first-order chi connectivity index (χ1) is 15.3. The fraction of sp³-hybridized carbons (Fsp3) is 0.250. The number of rotatable bonds is 4. The Balaban J connectivity index is 1.97. The van der Waals surface area contributed by atoms with Gasteiger partial charge in [-0.3, -0.25) is 0 Å². The molecule has 168 valence electrons. The van der Waals surface area contributed by atoms with E-state index in [1.54, 1.807) is 25.1 Å². The number of aromatic hydroxyl groups is 3. The predicted octanol–water partition coefficient (Wildman–Crippen LogP) is 4.72. The van der Waals surface area contributed by atoms with E-state index in [4.69, 9.17) is 14.2 Å². The number of halogens is 2. The van der Waals surface area contributed by atoms with Crippen LogP contribution in [0.1, 0.15) is 34.1 Å². The van der Waals surface area contributed by atoms with Crippen molar-refractivity contribution in [2.45, 2.75) is 18.8 Å². The van der Waals surface area contributed by atoms with E-state index in [1.165, 1.54) is 26.4 Å². The van der Waals surface area contributed by atoms with Gasteiger partial charge in [-0.2, -0.15) is 4.39 Å². The molecule has 0 fully saturated rings. The van der Waals surface area contributed by atoms with Crippen LogP contribution in [0.25, 0.3) is 0 Å². The van der Waals surface area contributed by atoms with Crippen LogP contribution in [-0.4, -0.2) is 36.1 Å². The second kappa shape index (κ2) is 8.11. The standard InChI is InChI=1S/C24H22F2O6/c1-11-16(27)6-5-14-20(13-4-7-17(28)22(26)21(13)25)15(10-32-24(11)14)12-8-18(30-2)23(29)19(9-12)31-3/h4-9,15,20,27-29H,10H2,1-3H3. The van der Waals surface area contributed by atoms with Gasteiger partial charge in [0.05, 0.1) is 20.8 Å². The molecule has 1 heterocycles. The van der Waals surface area contributed by atoms with Crippen molar-refractivity contribution in [3.8, 4) is 34.5 Å². The third kappa shape index (κ3) is 3.32. The zero-order chi connectivity index (χ0) is 23.2. The average molecular weight is 444 g/mol. The van der Waals surface area contributed by atoms with Gasteiger partial charge in [0.1, 0.15) is 11.5 Å². The lowest BCUT2D eigenvalue weighted by atomic mass is 9.75. The van der Waals surface area contributed by atoms with E-state index in [2.05, 4.69) is 0 Å². The van der Waals surface area contributed by atoms with Crippen molar-refractivity contribution in [1.82, 2.24) is 0 Å². The third-order valence-electron chi connectivity index (χ3n) is 5.91. The van der Waals surface area contributed by atoms with E-state index < -0.39 is 29.2 Å². The monoisotopic (exact) mass is 444 g/mol. The lowest BCUT2D eigenvalue weighted by Gasteiger charge is -2.35. The highest BCUT2D eigenvalue weighted by Crippen LogP contribution is 2.51. The molecule has 0 radical (unpaired) electrons. The van der Waals surface area contributed by atoms with E-state index in [-0.39, 0.29) is 35.2 Å². The highest BCUT2D eigenvalue weighted by molar-refractivity contribution is 5.58. The van der Waals surface area contributed by atoms with Crippen LogP contribution in [0.5, 0.6) is 34.5 Å². The summed E-state index contributed by atoms with van der Waals surface area (Å²) in [6.45, 7) is 1.74. The van der Waals surface area contributed by atoms with Gasteiger partial charge in [0.15, 0.2) is 23.1 Å². The molecule has 0 bridgehead atoms. The maximum absolute atomic E-state index is 15.1. The summed E-state index contributed by atoms with van der Waals surface area (Å²) < 4.78 is 45.8. The van der Waals surface area contributed by atoms with Crippen molar-refractivity contribution in [3.05, 3.63) is 70.3 Å². The largest absolute Gasteiger partial charge is 0.508 e. The van der Waals surface area contributed by atoms with Crippen molar-refractivity contribution in [2.75, 3.05) is 20.8 Å². The second-order valence-electron chi connectivity index (χ2n) is 7.60. The first-order valence-electron chi connectivity index (χ1n) is 9.85. The molecule has 0 saturated heterocycles. The SMILES string of the molecule is COc1cc(C2COc3c(ccc(O)c3C)C2c2ccc(O)c(F)c2F)cc(OC)c1O. The van der Waals surface area contributed by atoms with Crippen LogP contribution in [0, 0.1) is 18.6 Å². The number of hydrogen-bond donors (Lipinski definition) is 3. The molecular formula is C24H22F2O6. The smallest absolute Gasteiger partial charge is 0.200 e. The Labute approximate surface area is 183 Å². The predicted molar refractivity (Wildman–Crippen MR) is 112 cm³/mol. The molecular weight excluding hydrogens is 422 g/mol. The maximum Gasteiger partial charge on any atom is 0.200 e. The molecule has 0 aliphatic carbocycles. The van der Waals surface area contributed by atoms with Crippen molar-refractivity contribution in [3.63, 3.8) is 0 Å². The van der Waals surface area contributed by atoms with Crippen molar-refractivity contribution in [2.24, 2.45) is 0 Å².